The summed E-state index contributed by atoms with van der Waals surface area (Å²) in [5.74, 6) is -4.32. The van der Waals surface area contributed by atoms with Crippen LogP contribution < -0.4 is 0 Å². The number of benzene rings is 2. The van der Waals surface area contributed by atoms with Crippen LogP contribution in [0.5, 0.6) is 0 Å². The average Bonchev–Trinajstić information content (AvgIpc) is 2.47. The minimum absolute atomic E-state index is 0.499. The summed E-state index contributed by atoms with van der Waals surface area (Å²) >= 11 is 0. The minimum atomic E-state index is -0.944. The first-order valence-corrected chi connectivity index (χ1v) is 7.16. The molecule has 0 unspecified atom stereocenters. The van der Waals surface area contributed by atoms with Crippen LogP contribution in [0.25, 0.3) is 0 Å². The molecule has 0 atom stereocenters. The van der Waals surface area contributed by atoms with Gasteiger partial charge in [-0.1, -0.05) is 60.7 Å². The Labute approximate surface area is 128 Å². The fraction of sp³-hybridized carbons (Fsp3) is 0.222. The molecule has 2 aromatic carbocycles. The van der Waals surface area contributed by atoms with E-state index in [4.69, 9.17) is 0 Å². The molecule has 112 valence electrons. The van der Waals surface area contributed by atoms with Crippen molar-refractivity contribution in [2.45, 2.75) is 11.8 Å². The Hall–Kier alpha value is -2.62. The first-order valence-electron chi connectivity index (χ1n) is 7.16. The molecule has 0 radical (unpaired) electrons. The maximum Gasteiger partial charge on any atom is 0.307 e. The average molecular weight is 296 g/mol. The van der Waals surface area contributed by atoms with E-state index >= 15 is 0 Å². The molecule has 1 saturated carbocycles. The molecule has 1 fully saturated rings. The third-order valence-electron chi connectivity index (χ3n) is 4.49. The Morgan fingerprint density at radius 2 is 0.955 bits per heavy atom. The quantitative estimate of drug-likeness (QED) is 0.909. The van der Waals surface area contributed by atoms with Crippen LogP contribution in [0.3, 0.4) is 0 Å². The fourth-order valence-corrected chi connectivity index (χ4v) is 3.54. The van der Waals surface area contributed by atoms with E-state index in [9.17, 15) is 19.8 Å². The van der Waals surface area contributed by atoms with E-state index in [1.165, 1.54) is 0 Å². The molecule has 1 aliphatic rings. The number of hydrogen-bond donors (Lipinski definition) is 2. The topological polar surface area (TPSA) is 74.6 Å². The molecule has 22 heavy (non-hydrogen) atoms. The summed E-state index contributed by atoms with van der Waals surface area (Å²) in [6.45, 7) is 0. The van der Waals surface area contributed by atoms with Gasteiger partial charge in [0.15, 0.2) is 0 Å². The van der Waals surface area contributed by atoms with E-state index in [0.29, 0.717) is 0 Å². The predicted octanol–water partition coefficient (Wildman–Crippen LogP) is 2.97. The predicted molar refractivity (Wildman–Crippen MR) is 80.6 cm³/mol. The van der Waals surface area contributed by atoms with Gasteiger partial charge in [0.05, 0.1) is 11.8 Å². The molecule has 4 heteroatoms. The summed E-state index contributed by atoms with van der Waals surface area (Å²) in [6, 6.07) is 18.1. The number of carboxylic acid groups (broad SMARTS) is 2. The van der Waals surface area contributed by atoms with Gasteiger partial charge in [0, 0.05) is 11.8 Å². The van der Waals surface area contributed by atoms with Crippen LogP contribution >= 0.6 is 0 Å². The van der Waals surface area contributed by atoms with E-state index in [-0.39, 0.29) is 0 Å². The number of hydrogen-bond acceptors (Lipinski definition) is 2. The van der Waals surface area contributed by atoms with Crippen molar-refractivity contribution in [1.29, 1.82) is 0 Å². The monoisotopic (exact) mass is 296 g/mol. The number of carboxylic acids is 2. The standard InChI is InChI=1S/C18H16O4/c19-17(20)15-13(11-7-3-1-4-8-11)16(18(21)22)14(15)12-9-5-2-6-10-12/h1-10,13-16H,(H,19,20)(H,21,22)/t13-,14+,15-,16-. The molecule has 0 heterocycles. The highest BCUT2D eigenvalue weighted by Crippen LogP contribution is 2.57. The van der Waals surface area contributed by atoms with Crippen molar-refractivity contribution in [2.24, 2.45) is 11.8 Å². The highest BCUT2D eigenvalue weighted by molar-refractivity contribution is 5.83. The van der Waals surface area contributed by atoms with Gasteiger partial charge in [-0.3, -0.25) is 9.59 Å². The van der Waals surface area contributed by atoms with Crippen molar-refractivity contribution < 1.29 is 19.8 Å². The molecule has 2 N–H and O–H groups in total. The zero-order valence-corrected chi connectivity index (χ0v) is 11.8. The summed E-state index contributed by atoms with van der Waals surface area (Å²) in [7, 11) is 0. The lowest BCUT2D eigenvalue weighted by Gasteiger charge is -2.48. The Morgan fingerprint density at radius 1 is 0.636 bits per heavy atom. The minimum Gasteiger partial charge on any atom is -0.481 e. The molecular weight excluding hydrogens is 280 g/mol. The smallest absolute Gasteiger partial charge is 0.307 e. The van der Waals surface area contributed by atoms with Crippen LogP contribution in [-0.4, -0.2) is 22.2 Å². The molecule has 0 aromatic heterocycles. The second-order valence-electron chi connectivity index (χ2n) is 5.60. The zero-order chi connectivity index (χ0) is 15.7. The van der Waals surface area contributed by atoms with Gasteiger partial charge < -0.3 is 10.2 Å². The summed E-state index contributed by atoms with van der Waals surface area (Å²) in [5, 5.41) is 19.2. The van der Waals surface area contributed by atoms with E-state index in [1.807, 2.05) is 36.4 Å². The van der Waals surface area contributed by atoms with Gasteiger partial charge in [0.2, 0.25) is 0 Å². The highest BCUT2D eigenvalue weighted by atomic mass is 16.4. The van der Waals surface area contributed by atoms with Crippen molar-refractivity contribution in [3.8, 4) is 0 Å². The molecule has 3 rings (SSSR count). The third kappa shape index (κ3) is 2.26. The third-order valence-corrected chi connectivity index (χ3v) is 4.49. The van der Waals surface area contributed by atoms with Crippen LogP contribution in [0.4, 0.5) is 0 Å². The van der Waals surface area contributed by atoms with Crippen molar-refractivity contribution in [3.63, 3.8) is 0 Å². The first kappa shape index (κ1) is 14.3. The normalized spacial score (nSPS) is 26.9. The van der Waals surface area contributed by atoms with Crippen LogP contribution in [0.15, 0.2) is 60.7 Å². The molecule has 0 aliphatic heterocycles. The lowest BCUT2D eigenvalue weighted by Crippen LogP contribution is -2.50. The molecule has 0 amide bonds. The van der Waals surface area contributed by atoms with Gasteiger partial charge in [-0.15, -0.1) is 0 Å². The van der Waals surface area contributed by atoms with Crippen LogP contribution in [-0.2, 0) is 9.59 Å². The number of aliphatic carboxylic acids is 2. The number of carbonyl (C=O) groups is 2. The van der Waals surface area contributed by atoms with Crippen LogP contribution in [0.2, 0.25) is 0 Å². The SMILES string of the molecule is O=C(O)[C@H]1[C@H](c2ccccc2)[C@H](C(=O)O)[C@@H]1c1ccccc1. The Kier molecular flexibility index (Phi) is 3.67. The van der Waals surface area contributed by atoms with Crippen molar-refractivity contribution in [3.05, 3.63) is 71.8 Å². The summed E-state index contributed by atoms with van der Waals surface area (Å²) in [6.07, 6.45) is 0. The zero-order valence-electron chi connectivity index (χ0n) is 11.8. The second kappa shape index (κ2) is 5.64. The maximum atomic E-state index is 11.7. The Morgan fingerprint density at radius 3 is 1.23 bits per heavy atom. The number of rotatable bonds is 4. The van der Waals surface area contributed by atoms with Gasteiger partial charge in [-0.05, 0) is 11.1 Å². The van der Waals surface area contributed by atoms with E-state index in [1.54, 1.807) is 24.3 Å². The molecule has 2 aromatic rings. The van der Waals surface area contributed by atoms with Crippen molar-refractivity contribution in [2.75, 3.05) is 0 Å². The molecule has 1 aliphatic carbocycles. The van der Waals surface area contributed by atoms with Crippen molar-refractivity contribution >= 4 is 11.9 Å². The molecule has 4 nitrogen and oxygen atoms in total. The maximum absolute atomic E-state index is 11.7. The Balaban J connectivity index is 2.04. The van der Waals surface area contributed by atoms with Crippen LogP contribution in [0, 0.1) is 11.8 Å². The molecular formula is C18H16O4. The first-order chi connectivity index (χ1) is 10.6. The summed E-state index contributed by atoms with van der Waals surface area (Å²) in [5.41, 5.74) is 1.55. The van der Waals surface area contributed by atoms with Crippen LogP contribution in [0.1, 0.15) is 23.0 Å². The lowest BCUT2D eigenvalue weighted by molar-refractivity contribution is -0.159. The molecule has 0 spiro atoms. The second-order valence-corrected chi connectivity index (χ2v) is 5.60. The summed E-state index contributed by atoms with van der Waals surface area (Å²) in [4.78, 5) is 23.4. The van der Waals surface area contributed by atoms with E-state index < -0.39 is 35.6 Å². The summed E-state index contributed by atoms with van der Waals surface area (Å²) < 4.78 is 0. The Bertz CT molecular complexity index is 611. The van der Waals surface area contributed by atoms with Gasteiger partial charge in [-0.2, -0.15) is 0 Å². The van der Waals surface area contributed by atoms with Gasteiger partial charge in [0.25, 0.3) is 0 Å². The van der Waals surface area contributed by atoms with Gasteiger partial charge in [0.1, 0.15) is 0 Å². The highest BCUT2D eigenvalue weighted by Gasteiger charge is 2.58. The largest absolute Gasteiger partial charge is 0.481 e. The van der Waals surface area contributed by atoms with Crippen molar-refractivity contribution in [1.82, 2.24) is 0 Å². The van der Waals surface area contributed by atoms with E-state index in [0.717, 1.165) is 11.1 Å². The lowest BCUT2D eigenvalue weighted by atomic mass is 9.52. The van der Waals surface area contributed by atoms with Gasteiger partial charge >= 0.3 is 11.9 Å². The molecule has 0 bridgehead atoms. The molecule has 0 saturated heterocycles. The fourth-order valence-electron chi connectivity index (χ4n) is 3.54. The van der Waals surface area contributed by atoms with Gasteiger partial charge in [-0.25, -0.2) is 0 Å². The van der Waals surface area contributed by atoms with E-state index in [2.05, 4.69) is 0 Å².